The summed E-state index contributed by atoms with van der Waals surface area (Å²) >= 11 is 0. The Kier molecular flexibility index (Phi) is 9.29. The number of alkyl carbamates (subject to hydrolysis) is 1. The lowest BCUT2D eigenvalue weighted by molar-refractivity contribution is -0.137. The van der Waals surface area contributed by atoms with Gasteiger partial charge in [-0.3, -0.25) is 9.59 Å². The number of benzene rings is 2. The molecule has 35 heavy (non-hydrogen) atoms. The van der Waals surface area contributed by atoms with Crippen LogP contribution >= 0.6 is 0 Å². The number of carboxylic acid groups (broad SMARTS) is 1. The van der Waals surface area contributed by atoms with Crippen molar-refractivity contribution in [2.75, 3.05) is 13.2 Å². The molecule has 0 heterocycles. The maximum atomic E-state index is 12.5. The zero-order valence-corrected chi connectivity index (χ0v) is 20.8. The van der Waals surface area contributed by atoms with E-state index >= 15 is 0 Å². The number of carbonyl (C=O) groups is 3. The largest absolute Gasteiger partial charge is 0.481 e. The Labute approximate surface area is 207 Å². The molecule has 1 aliphatic carbocycles. The minimum atomic E-state index is -0.797. The summed E-state index contributed by atoms with van der Waals surface area (Å²) in [6.07, 6.45) is 1.81. The van der Waals surface area contributed by atoms with E-state index in [1.807, 2.05) is 31.2 Å². The van der Waals surface area contributed by atoms with E-state index in [9.17, 15) is 14.4 Å². The highest BCUT2D eigenvalue weighted by Crippen LogP contribution is 2.44. The van der Waals surface area contributed by atoms with Crippen molar-refractivity contribution in [2.45, 2.75) is 58.4 Å². The number of carbonyl (C=O) groups excluding carboxylic acids is 2. The molecule has 2 amide bonds. The molecule has 2 aromatic rings. The predicted molar refractivity (Wildman–Crippen MR) is 135 cm³/mol. The van der Waals surface area contributed by atoms with Gasteiger partial charge in [0, 0.05) is 24.9 Å². The summed E-state index contributed by atoms with van der Waals surface area (Å²) in [5.74, 6) is -1.14. The smallest absolute Gasteiger partial charge is 0.407 e. The van der Waals surface area contributed by atoms with Gasteiger partial charge in [-0.1, -0.05) is 68.8 Å². The molecule has 0 fully saturated rings. The summed E-state index contributed by atoms with van der Waals surface area (Å²) in [5.41, 5.74) is 4.64. The molecular formula is C28H36N2O5. The Balaban J connectivity index is 1.45. The molecule has 3 unspecified atom stereocenters. The van der Waals surface area contributed by atoms with Crippen LogP contribution in [0.1, 0.15) is 63.5 Å². The molecule has 0 saturated heterocycles. The molecular weight excluding hydrogens is 444 g/mol. The van der Waals surface area contributed by atoms with E-state index in [2.05, 4.69) is 34.9 Å². The predicted octanol–water partition coefficient (Wildman–Crippen LogP) is 4.95. The van der Waals surface area contributed by atoms with E-state index < -0.39 is 24.0 Å². The third-order valence-corrected chi connectivity index (χ3v) is 7.05. The van der Waals surface area contributed by atoms with Gasteiger partial charge in [0.15, 0.2) is 0 Å². The summed E-state index contributed by atoms with van der Waals surface area (Å²) in [6, 6.07) is 15.9. The molecule has 3 atom stereocenters. The lowest BCUT2D eigenvalue weighted by atomic mass is 9.96. The summed E-state index contributed by atoms with van der Waals surface area (Å²) in [4.78, 5) is 35.8. The number of carboxylic acids is 1. The molecule has 2 aromatic carbocycles. The van der Waals surface area contributed by atoms with E-state index in [4.69, 9.17) is 9.84 Å². The monoisotopic (exact) mass is 480 g/mol. The van der Waals surface area contributed by atoms with Crippen molar-refractivity contribution in [3.05, 3.63) is 59.7 Å². The third-order valence-electron chi connectivity index (χ3n) is 7.05. The molecule has 0 radical (unpaired) electrons. The molecule has 188 valence electrons. The fourth-order valence-electron chi connectivity index (χ4n) is 4.62. The third kappa shape index (κ3) is 6.84. The van der Waals surface area contributed by atoms with Gasteiger partial charge < -0.3 is 20.5 Å². The first-order valence-electron chi connectivity index (χ1n) is 12.4. The van der Waals surface area contributed by atoms with Crippen LogP contribution < -0.4 is 10.6 Å². The van der Waals surface area contributed by atoms with E-state index in [-0.39, 0.29) is 30.8 Å². The van der Waals surface area contributed by atoms with Gasteiger partial charge >= 0.3 is 12.1 Å². The first kappa shape index (κ1) is 26.3. The van der Waals surface area contributed by atoms with E-state index in [1.54, 1.807) is 13.8 Å². The SMILES string of the molecule is CCC(CCNC(=O)C(C)C(C)NC(=O)OCC1c2ccccc2-c2ccccc21)CCC(=O)O. The van der Waals surface area contributed by atoms with Gasteiger partial charge in [0.2, 0.25) is 5.91 Å². The Morgan fingerprint density at radius 1 is 0.971 bits per heavy atom. The maximum Gasteiger partial charge on any atom is 0.407 e. The minimum absolute atomic E-state index is 0.0168. The molecule has 0 aliphatic heterocycles. The van der Waals surface area contributed by atoms with E-state index in [1.165, 1.54) is 11.1 Å². The molecule has 1 aliphatic rings. The molecule has 7 heteroatoms. The van der Waals surface area contributed by atoms with Crippen molar-refractivity contribution in [1.82, 2.24) is 10.6 Å². The second-order valence-electron chi connectivity index (χ2n) is 9.33. The zero-order valence-electron chi connectivity index (χ0n) is 20.8. The van der Waals surface area contributed by atoms with Crippen molar-refractivity contribution in [2.24, 2.45) is 11.8 Å². The molecule has 0 aromatic heterocycles. The minimum Gasteiger partial charge on any atom is -0.481 e. The van der Waals surface area contributed by atoms with Crippen molar-refractivity contribution in [1.29, 1.82) is 0 Å². The second kappa shape index (κ2) is 12.4. The van der Waals surface area contributed by atoms with Crippen LogP contribution in [-0.2, 0) is 14.3 Å². The van der Waals surface area contributed by atoms with Crippen LogP contribution in [0.4, 0.5) is 4.79 Å². The van der Waals surface area contributed by atoms with Gasteiger partial charge in [0.25, 0.3) is 0 Å². The van der Waals surface area contributed by atoms with Crippen molar-refractivity contribution in [3.8, 4) is 11.1 Å². The summed E-state index contributed by atoms with van der Waals surface area (Å²) in [6.45, 7) is 6.29. The fourth-order valence-corrected chi connectivity index (χ4v) is 4.62. The Bertz CT molecular complexity index is 992. The summed E-state index contributed by atoms with van der Waals surface area (Å²) in [7, 11) is 0. The fraction of sp³-hybridized carbons (Fsp3) is 0.464. The standard InChI is InChI=1S/C28H36N2O5/c1-4-20(13-14-26(31)32)15-16-29-27(33)18(2)19(3)30-28(34)35-17-25-23-11-7-5-9-21(23)22-10-6-8-12-24(22)25/h5-12,18-20,25H,4,13-17H2,1-3H3,(H,29,33)(H,30,34)(H,31,32). The molecule has 0 saturated carbocycles. The van der Waals surface area contributed by atoms with Crippen molar-refractivity contribution < 1.29 is 24.2 Å². The van der Waals surface area contributed by atoms with E-state index in [0.29, 0.717) is 13.0 Å². The lowest BCUT2D eigenvalue weighted by Crippen LogP contribution is -2.44. The van der Waals surface area contributed by atoms with Gasteiger partial charge in [-0.25, -0.2) is 4.79 Å². The Morgan fingerprint density at radius 3 is 2.14 bits per heavy atom. The molecule has 0 bridgehead atoms. The number of aliphatic carboxylic acids is 1. The maximum absolute atomic E-state index is 12.5. The lowest BCUT2D eigenvalue weighted by Gasteiger charge is -2.22. The van der Waals surface area contributed by atoms with Crippen molar-refractivity contribution >= 4 is 18.0 Å². The highest BCUT2D eigenvalue weighted by Gasteiger charge is 2.29. The van der Waals surface area contributed by atoms with Gasteiger partial charge in [-0.15, -0.1) is 0 Å². The number of nitrogens with one attached hydrogen (secondary N) is 2. The number of rotatable bonds is 12. The molecule has 3 N–H and O–H groups in total. The molecule has 7 nitrogen and oxygen atoms in total. The van der Waals surface area contributed by atoms with Gasteiger partial charge in [0.1, 0.15) is 6.61 Å². The number of hydrogen-bond acceptors (Lipinski definition) is 4. The number of fused-ring (bicyclic) bond motifs is 3. The van der Waals surface area contributed by atoms with Gasteiger partial charge in [-0.2, -0.15) is 0 Å². The van der Waals surface area contributed by atoms with Crippen LogP contribution in [0.2, 0.25) is 0 Å². The quantitative estimate of drug-likeness (QED) is 0.399. The Hall–Kier alpha value is -3.35. The van der Waals surface area contributed by atoms with Gasteiger partial charge in [-0.05, 0) is 47.9 Å². The van der Waals surface area contributed by atoms with Crippen LogP contribution in [0, 0.1) is 11.8 Å². The van der Waals surface area contributed by atoms with Crippen molar-refractivity contribution in [3.63, 3.8) is 0 Å². The number of hydrogen-bond donors (Lipinski definition) is 3. The molecule has 3 rings (SSSR count). The number of amides is 2. The average molecular weight is 481 g/mol. The Morgan fingerprint density at radius 2 is 1.57 bits per heavy atom. The first-order valence-corrected chi connectivity index (χ1v) is 12.4. The number of ether oxygens (including phenoxy) is 1. The first-order chi connectivity index (χ1) is 16.8. The topological polar surface area (TPSA) is 105 Å². The summed E-state index contributed by atoms with van der Waals surface area (Å²) < 4.78 is 5.58. The van der Waals surface area contributed by atoms with Crippen LogP contribution in [0.25, 0.3) is 11.1 Å². The zero-order chi connectivity index (χ0) is 25.4. The van der Waals surface area contributed by atoms with Gasteiger partial charge in [0.05, 0.1) is 5.92 Å². The summed E-state index contributed by atoms with van der Waals surface area (Å²) in [5, 5.41) is 14.5. The van der Waals surface area contributed by atoms with Crippen LogP contribution in [-0.4, -0.2) is 42.3 Å². The molecule has 0 spiro atoms. The van der Waals surface area contributed by atoms with Crippen LogP contribution in [0.15, 0.2) is 48.5 Å². The average Bonchev–Trinajstić information content (AvgIpc) is 3.17. The normalized spacial score (nSPS) is 14.8. The highest BCUT2D eigenvalue weighted by molar-refractivity contribution is 5.80. The van der Waals surface area contributed by atoms with Crippen LogP contribution in [0.5, 0.6) is 0 Å². The highest BCUT2D eigenvalue weighted by atomic mass is 16.5. The van der Waals surface area contributed by atoms with E-state index in [0.717, 1.165) is 24.0 Å². The van der Waals surface area contributed by atoms with Crippen LogP contribution in [0.3, 0.4) is 0 Å². The second-order valence-corrected chi connectivity index (χ2v) is 9.33.